The normalized spacial score (nSPS) is 20.3. The molecule has 0 atom stereocenters. The molecule has 4 heteroatoms. The van der Waals surface area contributed by atoms with Gasteiger partial charge in [-0.15, -0.1) is 0 Å². The third-order valence-corrected chi connectivity index (χ3v) is 7.08. The third-order valence-electron chi connectivity index (χ3n) is 7.08. The molecular formula is C26H30F4. The molecule has 2 aromatic rings. The minimum atomic E-state index is -1.04. The lowest BCUT2D eigenvalue weighted by atomic mass is 9.76. The van der Waals surface area contributed by atoms with Gasteiger partial charge in [0.15, 0.2) is 23.3 Å². The number of hydrogen-bond acceptors (Lipinski definition) is 0. The Morgan fingerprint density at radius 1 is 0.767 bits per heavy atom. The summed E-state index contributed by atoms with van der Waals surface area (Å²) in [6.07, 6.45) is 8.87. The first-order valence-electron chi connectivity index (χ1n) is 11.5. The lowest BCUT2D eigenvalue weighted by Gasteiger charge is -2.29. The monoisotopic (exact) mass is 418 g/mol. The topological polar surface area (TPSA) is 0 Å². The molecule has 0 aliphatic heterocycles. The summed E-state index contributed by atoms with van der Waals surface area (Å²) in [5, 5.41) is 0. The van der Waals surface area contributed by atoms with Crippen LogP contribution in [0.4, 0.5) is 17.6 Å². The van der Waals surface area contributed by atoms with Crippen LogP contribution in [0.5, 0.6) is 0 Å². The van der Waals surface area contributed by atoms with Gasteiger partial charge in [-0.2, -0.15) is 0 Å². The van der Waals surface area contributed by atoms with Gasteiger partial charge in [0.05, 0.1) is 0 Å². The maximum Gasteiger partial charge on any atom is 0.167 e. The molecule has 2 aromatic carbocycles. The first-order valence-corrected chi connectivity index (χ1v) is 11.5. The molecule has 0 unspecified atom stereocenters. The van der Waals surface area contributed by atoms with E-state index in [0.29, 0.717) is 47.4 Å². The Bertz CT molecular complexity index is 939. The zero-order chi connectivity index (χ0) is 21.4. The molecule has 1 saturated carbocycles. The third kappa shape index (κ3) is 3.67. The lowest BCUT2D eigenvalue weighted by molar-refractivity contribution is 0.299. The van der Waals surface area contributed by atoms with Gasteiger partial charge in [-0.1, -0.05) is 51.7 Å². The predicted molar refractivity (Wildman–Crippen MR) is 113 cm³/mol. The molecule has 2 aliphatic rings. The van der Waals surface area contributed by atoms with E-state index in [1.807, 2.05) is 6.92 Å². The molecule has 0 nitrogen and oxygen atoms in total. The predicted octanol–water partition coefficient (Wildman–Crippen LogP) is 8.23. The molecule has 162 valence electrons. The van der Waals surface area contributed by atoms with Crippen molar-refractivity contribution in [3.8, 4) is 11.1 Å². The van der Waals surface area contributed by atoms with E-state index >= 15 is 8.78 Å². The van der Waals surface area contributed by atoms with Crippen molar-refractivity contribution >= 4 is 0 Å². The van der Waals surface area contributed by atoms with Crippen LogP contribution >= 0.6 is 0 Å². The first-order chi connectivity index (χ1) is 14.5. The maximum atomic E-state index is 15.1. The largest absolute Gasteiger partial charge is 0.203 e. The van der Waals surface area contributed by atoms with E-state index in [-0.39, 0.29) is 17.0 Å². The maximum absolute atomic E-state index is 15.1. The second-order valence-electron chi connectivity index (χ2n) is 9.11. The van der Waals surface area contributed by atoms with Crippen LogP contribution in [0.1, 0.15) is 93.4 Å². The van der Waals surface area contributed by atoms with Crippen LogP contribution in [-0.2, 0) is 12.8 Å². The Hall–Kier alpha value is -1.84. The second kappa shape index (κ2) is 8.72. The van der Waals surface area contributed by atoms with Crippen LogP contribution in [0.15, 0.2) is 12.1 Å². The van der Waals surface area contributed by atoms with E-state index in [1.54, 1.807) is 12.1 Å². The Kier molecular flexibility index (Phi) is 6.22. The zero-order valence-corrected chi connectivity index (χ0v) is 17.9. The van der Waals surface area contributed by atoms with Crippen molar-refractivity contribution in [2.24, 2.45) is 5.92 Å². The molecule has 30 heavy (non-hydrogen) atoms. The fourth-order valence-electron chi connectivity index (χ4n) is 5.47. The van der Waals surface area contributed by atoms with Gasteiger partial charge < -0.3 is 0 Å². The number of rotatable bonds is 6. The Balaban J connectivity index is 1.66. The smallest absolute Gasteiger partial charge is 0.167 e. The summed E-state index contributed by atoms with van der Waals surface area (Å²) in [5.41, 5.74) is 1.71. The van der Waals surface area contributed by atoms with Gasteiger partial charge >= 0.3 is 0 Å². The minimum Gasteiger partial charge on any atom is -0.203 e. The van der Waals surface area contributed by atoms with E-state index in [0.717, 1.165) is 25.7 Å². The highest BCUT2D eigenvalue weighted by molar-refractivity contribution is 5.79. The summed E-state index contributed by atoms with van der Waals surface area (Å²) < 4.78 is 59.5. The van der Waals surface area contributed by atoms with Crippen molar-refractivity contribution in [2.45, 2.75) is 84.0 Å². The fourth-order valence-corrected chi connectivity index (χ4v) is 5.47. The average molecular weight is 419 g/mol. The molecule has 0 aromatic heterocycles. The van der Waals surface area contributed by atoms with Crippen LogP contribution < -0.4 is 0 Å². The quantitative estimate of drug-likeness (QED) is 0.354. The number of unbranched alkanes of at least 4 members (excludes halogenated alkanes) is 1. The average Bonchev–Trinajstić information content (AvgIpc) is 3.12. The van der Waals surface area contributed by atoms with Gasteiger partial charge in [0, 0.05) is 11.1 Å². The standard InChI is InChI=1S/C26H30F4/c1-3-5-7-15-8-10-16(11-9-15)20-14-19-13-18-12-17(6-4-2)23(27)25(29)21(18)22(19)26(30)24(20)28/h12,14-16H,3-11,13H2,1-2H3. The zero-order valence-electron chi connectivity index (χ0n) is 17.9. The number of halogens is 4. The number of fused-ring (bicyclic) bond motifs is 3. The van der Waals surface area contributed by atoms with Gasteiger partial charge in [0.1, 0.15) is 0 Å². The summed E-state index contributed by atoms with van der Waals surface area (Å²) >= 11 is 0. The summed E-state index contributed by atoms with van der Waals surface area (Å²) in [6.45, 7) is 4.09. The Morgan fingerprint density at radius 3 is 2.03 bits per heavy atom. The summed E-state index contributed by atoms with van der Waals surface area (Å²) in [7, 11) is 0. The van der Waals surface area contributed by atoms with Gasteiger partial charge in [-0.3, -0.25) is 0 Å². The molecule has 0 N–H and O–H groups in total. The minimum absolute atomic E-state index is 0.00336. The summed E-state index contributed by atoms with van der Waals surface area (Å²) in [5.74, 6) is -3.19. The molecule has 0 saturated heterocycles. The molecule has 0 spiro atoms. The summed E-state index contributed by atoms with van der Waals surface area (Å²) in [6, 6.07) is 3.36. The highest BCUT2D eigenvalue weighted by Crippen LogP contribution is 2.46. The van der Waals surface area contributed by atoms with E-state index in [4.69, 9.17) is 0 Å². The van der Waals surface area contributed by atoms with Gasteiger partial charge in [0.2, 0.25) is 0 Å². The van der Waals surface area contributed by atoms with Gasteiger partial charge in [-0.25, -0.2) is 17.6 Å². The molecule has 0 amide bonds. The van der Waals surface area contributed by atoms with Crippen molar-refractivity contribution in [3.63, 3.8) is 0 Å². The van der Waals surface area contributed by atoms with Crippen LogP contribution in [0.2, 0.25) is 0 Å². The molecular weight excluding hydrogens is 388 g/mol. The summed E-state index contributed by atoms with van der Waals surface area (Å²) in [4.78, 5) is 0. The molecule has 0 bridgehead atoms. The molecule has 4 rings (SSSR count). The van der Waals surface area contributed by atoms with Crippen LogP contribution in [0, 0.1) is 29.2 Å². The number of hydrogen-bond donors (Lipinski definition) is 0. The van der Waals surface area contributed by atoms with Crippen LogP contribution in [-0.4, -0.2) is 0 Å². The first kappa shape index (κ1) is 21.4. The number of benzene rings is 2. The second-order valence-corrected chi connectivity index (χ2v) is 9.11. The van der Waals surface area contributed by atoms with E-state index < -0.39 is 23.3 Å². The Labute approximate surface area is 176 Å². The van der Waals surface area contributed by atoms with Crippen molar-refractivity contribution in [3.05, 3.63) is 57.7 Å². The molecule has 2 aliphatic carbocycles. The van der Waals surface area contributed by atoms with Crippen molar-refractivity contribution in [2.75, 3.05) is 0 Å². The number of aryl methyl sites for hydroxylation is 1. The fraction of sp³-hybridized carbons (Fsp3) is 0.538. The van der Waals surface area contributed by atoms with Crippen molar-refractivity contribution < 1.29 is 17.6 Å². The molecule has 0 radical (unpaired) electrons. The van der Waals surface area contributed by atoms with E-state index in [1.165, 1.54) is 19.3 Å². The van der Waals surface area contributed by atoms with Crippen molar-refractivity contribution in [1.29, 1.82) is 0 Å². The van der Waals surface area contributed by atoms with Crippen LogP contribution in [0.3, 0.4) is 0 Å². The SMILES string of the molecule is CCCCC1CCC(c2cc3c(c(F)c2F)-c2c(cc(CCC)c(F)c2F)C3)CC1. The molecule has 1 fully saturated rings. The van der Waals surface area contributed by atoms with Gasteiger partial charge in [-0.05, 0) is 72.6 Å². The Morgan fingerprint density at radius 2 is 1.40 bits per heavy atom. The highest BCUT2D eigenvalue weighted by Gasteiger charge is 2.34. The van der Waals surface area contributed by atoms with Gasteiger partial charge in [0.25, 0.3) is 0 Å². The van der Waals surface area contributed by atoms with Crippen molar-refractivity contribution in [1.82, 2.24) is 0 Å². The van der Waals surface area contributed by atoms with E-state index in [9.17, 15) is 8.78 Å². The van der Waals surface area contributed by atoms with E-state index in [2.05, 4.69) is 6.92 Å². The highest BCUT2D eigenvalue weighted by atomic mass is 19.2. The lowest BCUT2D eigenvalue weighted by Crippen LogP contribution is -2.15. The van der Waals surface area contributed by atoms with Crippen LogP contribution in [0.25, 0.3) is 11.1 Å². The molecule has 0 heterocycles.